The number of rotatable bonds is 6. The fourth-order valence-corrected chi connectivity index (χ4v) is 2.70. The van der Waals surface area contributed by atoms with E-state index in [-0.39, 0.29) is 0 Å². The monoisotopic (exact) mass is 340 g/mol. The first-order valence-corrected chi connectivity index (χ1v) is 8.27. The third-order valence-corrected chi connectivity index (χ3v) is 4.35. The molecular formula is C17H26F2N4O. The Morgan fingerprint density at radius 2 is 1.79 bits per heavy atom. The lowest BCUT2D eigenvalue weighted by Crippen LogP contribution is -2.48. The van der Waals surface area contributed by atoms with Gasteiger partial charge in [0.05, 0.1) is 13.1 Å². The van der Waals surface area contributed by atoms with Crippen LogP contribution >= 0.6 is 0 Å². The molecule has 1 aromatic carbocycles. The van der Waals surface area contributed by atoms with Gasteiger partial charge in [-0.05, 0) is 38.1 Å². The van der Waals surface area contributed by atoms with Gasteiger partial charge in [-0.1, -0.05) is 0 Å². The summed E-state index contributed by atoms with van der Waals surface area (Å²) in [4.78, 5) is 16.6. The highest BCUT2D eigenvalue weighted by Gasteiger charge is 2.27. The third kappa shape index (κ3) is 4.88. The van der Waals surface area contributed by atoms with Crippen molar-refractivity contribution in [3.63, 3.8) is 0 Å². The van der Waals surface area contributed by atoms with Crippen molar-refractivity contribution in [3.05, 3.63) is 29.8 Å². The van der Waals surface area contributed by atoms with Gasteiger partial charge in [0.25, 0.3) is 11.8 Å². The summed E-state index contributed by atoms with van der Waals surface area (Å²) in [5, 5.41) is 2.22. The Labute approximate surface area is 141 Å². The van der Waals surface area contributed by atoms with Gasteiger partial charge in [-0.3, -0.25) is 9.69 Å². The first kappa shape index (κ1) is 18.6. The maximum Gasteiger partial charge on any atom is 0.277 e. The minimum atomic E-state index is -3.08. The summed E-state index contributed by atoms with van der Waals surface area (Å²) < 4.78 is 26.1. The zero-order valence-electron chi connectivity index (χ0n) is 14.3. The molecule has 1 aliphatic heterocycles. The first-order chi connectivity index (χ1) is 11.3. The summed E-state index contributed by atoms with van der Waals surface area (Å²) in [5.41, 5.74) is 6.36. The molecule has 0 bridgehead atoms. The molecule has 0 aliphatic carbocycles. The van der Waals surface area contributed by atoms with Crippen LogP contribution < -0.4 is 16.0 Å². The number of hydrogen-bond donors (Lipinski definition) is 2. The molecule has 0 radical (unpaired) electrons. The van der Waals surface area contributed by atoms with E-state index in [1.165, 1.54) is 0 Å². The summed E-state index contributed by atoms with van der Waals surface area (Å²) >= 11 is 0. The molecule has 1 fully saturated rings. The summed E-state index contributed by atoms with van der Waals surface area (Å²) in [6.07, 6.45) is 0. The Balaban J connectivity index is 1.90. The van der Waals surface area contributed by atoms with Crippen molar-refractivity contribution >= 4 is 11.6 Å². The normalized spacial score (nSPS) is 16.5. The number of nitrogens with one attached hydrogen (secondary N) is 1. The lowest BCUT2D eigenvalue weighted by Gasteiger charge is -2.38. The molecule has 1 aromatic rings. The number of nitrogens with zero attached hydrogens (tertiary/aromatic N) is 2. The zero-order valence-corrected chi connectivity index (χ0v) is 14.3. The summed E-state index contributed by atoms with van der Waals surface area (Å²) in [6.45, 7) is 6.74. The van der Waals surface area contributed by atoms with Gasteiger partial charge in [0.15, 0.2) is 0 Å². The van der Waals surface area contributed by atoms with Crippen molar-refractivity contribution in [1.29, 1.82) is 0 Å². The lowest BCUT2D eigenvalue weighted by atomic mass is 10.1. The number of anilines is 1. The SMILES string of the molecule is CC(C)N1CCN(c2ccc(C(=O)NCC(F)(F)CN)cc2)CC1. The van der Waals surface area contributed by atoms with Crippen LogP contribution in [0.1, 0.15) is 24.2 Å². The van der Waals surface area contributed by atoms with Crippen molar-refractivity contribution < 1.29 is 13.6 Å². The van der Waals surface area contributed by atoms with Gasteiger partial charge >= 0.3 is 0 Å². The molecule has 0 unspecified atom stereocenters. The van der Waals surface area contributed by atoms with Crippen LogP contribution in [0.3, 0.4) is 0 Å². The number of halogens is 2. The molecule has 7 heteroatoms. The van der Waals surface area contributed by atoms with Crippen LogP contribution in [0.4, 0.5) is 14.5 Å². The van der Waals surface area contributed by atoms with Crippen LogP contribution in [0.2, 0.25) is 0 Å². The highest BCUT2D eigenvalue weighted by atomic mass is 19.3. The predicted molar refractivity (Wildman–Crippen MR) is 91.7 cm³/mol. The van der Waals surface area contributed by atoms with Gasteiger partial charge in [-0.15, -0.1) is 0 Å². The molecule has 0 saturated carbocycles. The number of benzene rings is 1. The Hall–Kier alpha value is -1.73. The van der Waals surface area contributed by atoms with Crippen LogP contribution in [-0.2, 0) is 0 Å². The fraction of sp³-hybridized carbons (Fsp3) is 0.588. The van der Waals surface area contributed by atoms with E-state index >= 15 is 0 Å². The van der Waals surface area contributed by atoms with Crippen LogP contribution in [0.25, 0.3) is 0 Å². The van der Waals surface area contributed by atoms with Gasteiger partial charge in [-0.25, -0.2) is 8.78 Å². The number of carbonyl (C=O) groups is 1. The topological polar surface area (TPSA) is 61.6 Å². The van der Waals surface area contributed by atoms with Gasteiger partial charge < -0.3 is 16.0 Å². The Kier molecular flexibility index (Phi) is 6.12. The van der Waals surface area contributed by atoms with Gasteiger partial charge in [0, 0.05) is 43.5 Å². The molecule has 24 heavy (non-hydrogen) atoms. The third-order valence-electron chi connectivity index (χ3n) is 4.35. The Bertz CT molecular complexity index is 540. The average molecular weight is 340 g/mol. The maximum atomic E-state index is 13.1. The largest absolute Gasteiger partial charge is 0.369 e. The molecule has 0 aromatic heterocycles. The van der Waals surface area contributed by atoms with E-state index in [1.807, 2.05) is 12.1 Å². The maximum absolute atomic E-state index is 13.1. The van der Waals surface area contributed by atoms with Crippen LogP contribution in [-0.4, -0.2) is 62.0 Å². The second-order valence-corrected chi connectivity index (χ2v) is 6.41. The van der Waals surface area contributed by atoms with E-state index < -0.39 is 24.9 Å². The fourth-order valence-electron chi connectivity index (χ4n) is 2.70. The van der Waals surface area contributed by atoms with E-state index in [4.69, 9.17) is 5.73 Å². The molecule has 1 amide bonds. The molecule has 5 nitrogen and oxygen atoms in total. The van der Waals surface area contributed by atoms with E-state index in [9.17, 15) is 13.6 Å². The molecule has 0 spiro atoms. The average Bonchev–Trinajstić information content (AvgIpc) is 2.60. The molecule has 134 valence electrons. The van der Waals surface area contributed by atoms with Crippen LogP contribution in [0.15, 0.2) is 24.3 Å². The highest BCUT2D eigenvalue weighted by molar-refractivity contribution is 5.94. The minimum absolute atomic E-state index is 0.368. The van der Waals surface area contributed by atoms with Crippen molar-refractivity contribution in [2.75, 3.05) is 44.2 Å². The molecule has 3 N–H and O–H groups in total. The second-order valence-electron chi connectivity index (χ2n) is 6.41. The minimum Gasteiger partial charge on any atom is -0.369 e. The Morgan fingerprint density at radius 3 is 2.29 bits per heavy atom. The van der Waals surface area contributed by atoms with Crippen molar-refractivity contribution in [3.8, 4) is 0 Å². The standard InChI is InChI=1S/C17H26F2N4O/c1-13(2)22-7-9-23(10-8-22)15-5-3-14(4-6-15)16(24)21-12-17(18,19)11-20/h3-6,13H,7-12,20H2,1-2H3,(H,21,24). The van der Waals surface area contributed by atoms with Gasteiger partial charge in [0.2, 0.25) is 0 Å². The number of carbonyl (C=O) groups excluding carboxylic acids is 1. The number of piperazine rings is 1. The molecular weight excluding hydrogens is 314 g/mol. The molecule has 1 heterocycles. The summed E-state index contributed by atoms with van der Waals surface area (Å²) in [5.74, 6) is -3.59. The smallest absolute Gasteiger partial charge is 0.277 e. The second kappa shape index (κ2) is 7.90. The predicted octanol–water partition coefficient (Wildman–Crippen LogP) is 1.54. The molecule has 1 aliphatic rings. The quantitative estimate of drug-likeness (QED) is 0.825. The van der Waals surface area contributed by atoms with E-state index in [0.29, 0.717) is 11.6 Å². The van der Waals surface area contributed by atoms with E-state index in [0.717, 1.165) is 31.9 Å². The highest BCUT2D eigenvalue weighted by Crippen LogP contribution is 2.18. The zero-order chi connectivity index (χ0) is 17.7. The van der Waals surface area contributed by atoms with Gasteiger partial charge in [0.1, 0.15) is 0 Å². The van der Waals surface area contributed by atoms with E-state index in [1.54, 1.807) is 12.1 Å². The molecule has 2 rings (SSSR count). The van der Waals surface area contributed by atoms with Crippen molar-refractivity contribution in [2.45, 2.75) is 25.8 Å². The van der Waals surface area contributed by atoms with Crippen LogP contribution in [0, 0.1) is 0 Å². The number of amides is 1. The number of alkyl halides is 2. The number of hydrogen-bond acceptors (Lipinski definition) is 4. The molecule has 1 saturated heterocycles. The van der Waals surface area contributed by atoms with Crippen molar-refractivity contribution in [2.24, 2.45) is 5.73 Å². The Morgan fingerprint density at radius 1 is 1.21 bits per heavy atom. The van der Waals surface area contributed by atoms with E-state index in [2.05, 4.69) is 29.0 Å². The number of nitrogens with two attached hydrogens (primary N) is 1. The van der Waals surface area contributed by atoms with Crippen LogP contribution in [0.5, 0.6) is 0 Å². The first-order valence-electron chi connectivity index (χ1n) is 8.27. The lowest BCUT2D eigenvalue weighted by molar-refractivity contribution is 0.0118. The van der Waals surface area contributed by atoms with Gasteiger partial charge in [-0.2, -0.15) is 0 Å². The van der Waals surface area contributed by atoms with Crippen molar-refractivity contribution in [1.82, 2.24) is 10.2 Å². The molecule has 0 atom stereocenters. The summed E-state index contributed by atoms with van der Waals surface area (Å²) in [6, 6.07) is 7.60. The summed E-state index contributed by atoms with van der Waals surface area (Å²) in [7, 11) is 0.